The van der Waals surface area contributed by atoms with Gasteiger partial charge in [0.15, 0.2) is 6.10 Å². The lowest BCUT2D eigenvalue weighted by molar-refractivity contribution is -0.161. The van der Waals surface area contributed by atoms with E-state index in [-0.39, 0.29) is 32.6 Å². The van der Waals surface area contributed by atoms with E-state index in [1.165, 1.54) is 116 Å². The Morgan fingerprint density at radius 2 is 0.869 bits per heavy atom. The summed E-state index contributed by atoms with van der Waals surface area (Å²) in [5, 5.41) is 0. The lowest BCUT2D eigenvalue weighted by Gasteiger charge is -2.19. The van der Waals surface area contributed by atoms with E-state index in [4.69, 9.17) is 24.3 Å². The van der Waals surface area contributed by atoms with Crippen LogP contribution < -0.4 is 5.73 Å². The zero-order chi connectivity index (χ0) is 44.6. The van der Waals surface area contributed by atoms with Gasteiger partial charge in [-0.05, 0) is 83.5 Å². The number of nitrogens with two attached hydrogens (primary N) is 1. The van der Waals surface area contributed by atoms with E-state index in [0.717, 1.165) is 51.4 Å². The number of carbonyl (C=O) groups is 2. The molecule has 0 aliphatic carbocycles. The topological polar surface area (TPSA) is 134 Å². The fourth-order valence-corrected chi connectivity index (χ4v) is 7.18. The zero-order valence-corrected chi connectivity index (χ0v) is 39.8. The van der Waals surface area contributed by atoms with Gasteiger partial charge in [-0.1, -0.05) is 183 Å². The summed E-state index contributed by atoms with van der Waals surface area (Å²) < 4.78 is 32.7. The quantitative estimate of drug-likeness (QED) is 0.0265. The summed E-state index contributed by atoms with van der Waals surface area (Å²) >= 11 is 0. The fraction of sp³-hybridized carbons (Fsp3) is 0.725. The Morgan fingerprint density at radius 3 is 1.36 bits per heavy atom. The largest absolute Gasteiger partial charge is 0.472 e. The van der Waals surface area contributed by atoms with Crippen molar-refractivity contribution < 1.29 is 37.6 Å². The van der Waals surface area contributed by atoms with Gasteiger partial charge in [0, 0.05) is 19.4 Å². The van der Waals surface area contributed by atoms with Crippen molar-refractivity contribution in [1.82, 2.24) is 0 Å². The Kier molecular flexibility index (Phi) is 45.0. The highest BCUT2D eigenvalue weighted by atomic mass is 31.2. The number of hydrogen-bond acceptors (Lipinski definition) is 8. The standard InChI is InChI=1S/C51H90NO8P/c1-3-5-7-9-11-13-15-17-19-21-22-23-24-25-26-28-30-32-34-36-38-40-42-44-51(54)60-49(48-59-61(55,56)58-46-45-52)47-57-50(53)43-41-39-37-35-33-31-29-27-20-18-16-14-12-10-8-6-4-2/h12,14,18,20,28-31,35-38,49H,3-11,13,15-17,19,21-27,32-34,39-48,52H2,1-2H3,(H,55,56)/b14-12+,20-18+,30-28+,31-29+,37-35+,38-36+/t49-/m1/s1. The highest BCUT2D eigenvalue weighted by Crippen LogP contribution is 2.43. The van der Waals surface area contributed by atoms with Crippen LogP contribution in [-0.4, -0.2) is 49.3 Å². The number of phosphoric acid groups is 1. The van der Waals surface area contributed by atoms with Gasteiger partial charge in [0.05, 0.1) is 13.2 Å². The predicted molar refractivity (Wildman–Crippen MR) is 256 cm³/mol. The van der Waals surface area contributed by atoms with Crippen molar-refractivity contribution in [2.24, 2.45) is 5.73 Å². The third-order valence-corrected chi connectivity index (χ3v) is 11.0. The molecule has 0 aromatic carbocycles. The van der Waals surface area contributed by atoms with Crippen LogP contribution in [0.3, 0.4) is 0 Å². The van der Waals surface area contributed by atoms with E-state index in [1.807, 2.05) is 6.08 Å². The first-order valence-corrected chi connectivity index (χ1v) is 25.9. The summed E-state index contributed by atoms with van der Waals surface area (Å²) in [6, 6.07) is 0. The minimum atomic E-state index is -4.41. The van der Waals surface area contributed by atoms with Crippen molar-refractivity contribution in [2.45, 2.75) is 213 Å². The summed E-state index contributed by atoms with van der Waals surface area (Å²) in [5.41, 5.74) is 5.35. The van der Waals surface area contributed by atoms with Gasteiger partial charge in [-0.15, -0.1) is 0 Å². The minimum absolute atomic E-state index is 0.0374. The van der Waals surface area contributed by atoms with Crippen LogP contribution in [0.2, 0.25) is 0 Å². The van der Waals surface area contributed by atoms with Crippen LogP contribution in [0.4, 0.5) is 0 Å². The summed E-state index contributed by atoms with van der Waals surface area (Å²) in [6.07, 6.45) is 58.2. The number of carbonyl (C=O) groups excluding carboxylic acids is 2. The van der Waals surface area contributed by atoms with Gasteiger partial charge < -0.3 is 20.1 Å². The fourth-order valence-electron chi connectivity index (χ4n) is 6.41. The molecule has 0 spiro atoms. The third kappa shape index (κ3) is 46.8. The molecule has 2 atom stereocenters. The van der Waals surface area contributed by atoms with Gasteiger partial charge in [0.2, 0.25) is 0 Å². The van der Waals surface area contributed by atoms with Gasteiger partial charge in [0.25, 0.3) is 0 Å². The molecule has 0 radical (unpaired) electrons. The molecule has 0 heterocycles. The van der Waals surface area contributed by atoms with Crippen LogP contribution >= 0.6 is 7.82 Å². The number of rotatable bonds is 45. The maximum Gasteiger partial charge on any atom is 0.472 e. The number of allylic oxidation sites excluding steroid dienone is 12. The molecule has 352 valence electrons. The molecular weight excluding hydrogens is 786 g/mol. The lowest BCUT2D eigenvalue weighted by atomic mass is 10.0. The molecule has 0 amide bonds. The molecule has 0 aromatic heterocycles. The summed E-state index contributed by atoms with van der Waals surface area (Å²) in [7, 11) is -4.41. The Labute approximate surface area is 373 Å². The van der Waals surface area contributed by atoms with Crippen LogP contribution in [0.15, 0.2) is 72.9 Å². The average Bonchev–Trinajstić information content (AvgIpc) is 3.25. The predicted octanol–water partition coefficient (Wildman–Crippen LogP) is 14.6. The van der Waals surface area contributed by atoms with Crippen molar-refractivity contribution >= 4 is 19.8 Å². The number of ether oxygens (including phenoxy) is 2. The van der Waals surface area contributed by atoms with Crippen molar-refractivity contribution in [3.05, 3.63) is 72.9 Å². The lowest BCUT2D eigenvalue weighted by Crippen LogP contribution is -2.29. The van der Waals surface area contributed by atoms with Crippen molar-refractivity contribution in [3.8, 4) is 0 Å². The van der Waals surface area contributed by atoms with Crippen molar-refractivity contribution in [2.75, 3.05) is 26.4 Å². The first-order chi connectivity index (χ1) is 29.8. The number of esters is 2. The molecule has 1 unspecified atom stereocenters. The highest BCUT2D eigenvalue weighted by Gasteiger charge is 2.25. The van der Waals surface area contributed by atoms with E-state index >= 15 is 0 Å². The van der Waals surface area contributed by atoms with Crippen molar-refractivity contribution in [1.29, 1.82) is 0 Å². The SMILES string of the molecule is CCCCC/C=C/C/C=C/C/C=C/C/C=C/CCCC(=O)OC[C@H](COP(=O)(O)OCCN)OC(=O)CCC/C=C/CC/C=C/CCCCCCCCCCCCCCCC. The second-order valence-corrected chi connectivity index (χ2v) is 17.4. The molecule has 0 aliphatic heterocycles. The maximum atomic E-state index is 12.6. The molecule has 61 heavy (non-hydrogen) atoms. The van der Waals surface area contributed by atoms with Crippen molar-refractivity contribution in [3.63, 3.8) is 0 Å². The molecule has 0 saturated carbocycles. The van der Waals surface area contributed by atoms with E-state index < -0.39 is 32.5 Å². The monoisotopic (exact) mass is 876 g/mol. The van der Waals surface area contributed by atoms with Gasteiger partial charge >= 0.3 is 19.8 Å². The molecule has 3 N–H and O–H groups in total. The molecule has 0 fully saturated rings. The molecule has 0 aliphatic rings. The van der Waals surface area contributed by atoms with Crippen LogP contribution in [0, 0.1) is 0 Å². The molecule has 0 saturated heterocycles. The van der Waals surface area contributed by atoms with Gasteiger partial charge in [-0.2, -0.15) is 0 Å². The number of phosphoric ester groups is 1. The normalized spacial score (nSPS) is 13.8. The number of hydrogen-bond donors (Lipinski definition) is 2. The third-order valence-electron chi connectivity index (χ3n) is 10.0. The van der Waals surface area contributed by atoms with E-state index in [9.17, 15) is 19.0 Å². The van der Waals surface area contributed by atoms with Gasteiger partial charge in [-0.3, -0.25) is 18.6 Å². The van der Waals surface area contributed by atoms with Crippen LogP contribution in [-0.2, 0) is 32.7 Å². The second-order valence-electron chi connectivity index (χ2n) is 16.0. The Bertz CT molecular complexity index is 1230. The minimum Gasteiger partial charge on any atom is -0.462 e. The van der Waals surface area contributed by atoms with Crippen LogP contribution in [0.25, 0.3) is 0 Å². The Balaban J connectivity index is 4.21. The number of unbranched alkanes of at least 4 members (excludes halogenated alkanes) is 20. The van der Waals surface area contributed by atoms with Crippen LogP contribution in [0.1, 0.15) is 206 Å². The molecule has 10 heteroatoms. The summed E-state index contributed by atoms with van der Waals surface area (Å²) in [5.74, 6) is -0.945. The molecular formula is C51H90NO8P. The molecule has 0 rings (SSSR count). The average molecular weight is 876 g/mol. The Hall–Kier alpha value is -2.55. The molecule has 0 bridgehead atoms. The maximum absolute atomic E-state index is 12.6. The van der Waals surface area contributed by atoms with E-state index in [0.29, 0.717) is 12.8 Å². The van der Waals surface area contributed by atoms with E-state index in [2.05, 4.69) is 80.7 Å². The second kappa shape index (κ2) is 46.9. The molecule has 9 nitrogen and oxygen atoms in total. The Morgan fingerprint density at radius 1 is 0.492 bits per heavy atom. The van der Waals surface area contributed by atoms with Gasteiger partial charge in [0.1, 0.15) is 6.61 Å². The van der Waals surface area contributed by atoms with Crippen LogP contribution in [0.5, 0.6) is 0 Å². The van der Waals surface area contributed by atoms with E-state index in [1.54, 1.807) is 0 Å². The summed E-state index contributed by atoms with van der Waals surface area (Å²) in [4.78, 5) is 34.9. The highest BCUT2D eigenvalue weighted by molar-refractivity contribution is 7.47. The zero-order valence-electron chi connectivity index (χ0n) is 38.9. The smallest absolute Gasteiger partial charge is 0.462 e. The summed E-state index contributed by atoms with van der Waals surface area (Å²) in [6.45, 7) is 3.61. The van der Waals surface area contributed by atoms with Gasteiger partial charge in [-0.25, -0.2) is 4.57 Å². The first-order valence-electron chi connectivity index (χ1n) is 24.4. The first kappa shape index (κ1) is 58.5. The molecule has 0 aromatic rings.